The fourth-order valence-corrected chi connectivity index (χ4v) is 4.08. The van der Waals surface area contributed by atoms with Gasteiger partial charge in [-0.1, -0.05) is 110 Å². The maximum Gasteiger partial charge on any atom is 0.267 e. The van der Waals surface area contributed by atoms with Gasteiger partial charge in [0.2, 0.25) is 0 Å². The standard InChI is InChI=1S/C23H48O4S/c1-3-4-5-6-7-8-9-10-11-12-13-14-15-16-17-18-19-23(24)21-20-22(2)28(25,26)27/h22-24H,3-21H2,1-2H3,(H,25,26,27). The molecule has 0 aromatic carbocycles. The molecule has 0 spiro atoms. The van der Waals surface area contributed by atoms with E-state index in [-0.39, 0.29) is 0 Å². The minimum Gasteiger partial charge on any atom is -0.393 e. The second-order valence-corrected chi connectivity index (χ2v) is 10.5. The highest BCUT2D eigenvalue weighted by atomic mass is 32.2. The van der Waals surface area contributed by atoms with Crippen molar-refractivity contribution in [1.29, 1.82) is 0 Å². The molecule has 0 fully saturated rings. The zero-order valence-electron chi connectivity index (χ0n) is 18.7. The van der Waals surface area contributed by atoms with E-state index in [2.05, 4.69) is 6.92 Å². The van der Waals surface area contributed by atoms with E-state index in [0.29, 0.717) is 12.8 Å². The molecule has 2 unspecified atom stereocenters. The molecule has 0 aliphatic carbocycles. The first-order valence-corrected chi connectivity index (χ1v) is 13.5. The predicted octanol–water partition coefficient (Wildman–Crippen LogP) is 7.06. The van der Waals surface area contributed by atoms with Crippen LogP contribution in [0.25, 0.3) is 0 Å². The van der Waals surface area contributed by atoms with Crippen LogP contribution in [0.4, 0.5) is 0 Å². The Hall–Kier alpha value is -0.130. The molecule has 0 aliphatic rings. The zero-order chi connectivity index (χ0) is 21.1. The van der Waals surface area contributed by atoms with Crippen molar-refractivity contribution in [3.8, 4) is 0 Å². The lowest BCUT2D eigenvalue weighted by molar-refractivity contribution is 0.148. The molecule has 0 saturated carbocycles. The number of hydrogen-bond donors (Lipinski definition) is 2. The Morgan fingerprint density at radius 2 is 0.964 bits per heavy atom. The van der Waals surface area contributed by atoms with Crippen LogP contribution in [0.2, 0.25) is 0 Å². The number of aliphatic hydroxyl groups is 1. The van der Waals surface area contributed by atoms with Crippen LogP contribution in [-0.2, 0) is 10.1 Å². The van der Waals surface area contributed by atoms with Crippen molar-refractivity contribution in [2.24, 2.45) is 0 Å². The monoisotopic (exact) mass is 420 g/mol. The molecule has 0 bridgehead atoms. The Kier molecular flexibility index (Phi) is 18.8. The van der Waals surface area contributed by atoms with E-state index in [1.807, 2.05) is 0 Å². The summed E-state index contributed by atoms with van der Waals surface area (Å²) >= 11 is 0. The van der Waals surface area contributed by atoms with Gasteiger partial charge in [-0.3, -0.25) is 4.55 Å². The fraction of sp³-hybridized carbons (Fsp3) is 1.00. The lowest BCUT2D eigenvalue weighted by Gasteiger charge is -2.13. The molecule has 0 radical (unpaired) electrons. The second-order valence-electron chi connectivity index (χ2n) is 8.65. The van der Waals surface area contributed by atoms with Crippen LogP contribution >= 0.6 is 0 Å². The first-order chi connectivity index (χ1) is 13.4. The molecule has 170 valence electrons. The van der Waals surface area contributed by atoms with Crippen molar-refractivity contribution in [3.05, 3.63) is 0 Å². The largest absolute Gasteiger partial charge is 0.393 e. The van der Waals surface area contributed by atoms with Crippen LogP contribution in [0, 0.1) is 0 Å². The summed E-state index contributed by atoms with van der Waals surface area (Å²) in [6.45, 7) is 3.75. The summed E-state index contributed by atoms with van der Waals surface area (Å²) < 4.78 is 30.8. The van der Waals surface area contributed by atoms with Gasteiger partial charge in [-0.05, 0) is 26.2 Å². The number of rotatable bonds is 21. The van der Waals surface area contributed by atoms with Gasteiger partial charge in [-0.2, -0.15) is 8.42 Å². The third kappa shape index (κ3) is 19.2. The summed E-state index contributed by atoms with van der Waals surface area (Å²) in [5.41, 5.74) is 0. The van der Waals surface area contributed by atoms with E-state index in [1.54, 1.807) is 0 Å². The summed E-state index contributed by atoms with van der Waals surface area (Å²) in [7, 11) is -3.96. The van der Waals surface area contributed by atoms with Crippen molar-refractivity contribution >= 4 is 10.1 Å². The molecule has 0 aromatic rings. The lowest BCUT2D eigenvalue weighted by Crippen LogP contribution is -2.19. The van der Waals surface area contributed by atoms with E-state index in [9.17, 15) is 13.5 Å². The first-order valence-electron chi connectivity index (χ1n) is 12.0. The van der Waals surface area contributed by atoms with Crippen LogP contribution in [0.5, 0.6) is 0 Å². The fourth-order valence-electron chi connectivity index (χ4n) is 3.65. The van der Waals surface area contributed by atoms with Crippen LogP contribution in [0.3, 0.4) is 0 Å². The Balaban J connectivity index is 3.25. The van der Waals surface area contributed by atoms with Gasteiger partial charge in [0.25, 0.3) is 10.1 Å². The molecule has 4 nitrogen and oxygen atoms in total. The predicted molar refractivity (Wildman–Crippen MR) is 120 cm³/mol. The third-order valence-electron chi connectivity index (χ3n) is 5.81. The Bertz CT molecular complexity index is 422. The van der Waals surface area contributed by atoms with Gasteiger partial charge in [-0.25, -0.2) is 0 Å². The van der Waals surface area contributed by atoms with Crippen molar-refractivity contribution in [3.63, 3.8) is 0 Å². The van der Waals surface area contributed by atoms with Gasteiger partial charge in [0, 0.05) is 0 Å². The van der Waals surface area contributed by atoms with E-state index < -0.39 is 21.5 Å². The topological polar surface area (TPSA) is 74.6 Å². The average molecular weight is 421 g/mol. The number of unbranched alkanes of at least 4 members (excludes halogenated alkanes) is 15. The Morgan fingerprint density at radius 3 is 1.32 bits per heavy atom. The normalized spacial score (nSPS) is 14.3. The van der Waals surface area contributed by atoms with E-state index in [0.717, 1.165) is 19.3 Å². The molecule has 0 saturated heterocycles. The highest BCUT2D eigenvalue weighted by Crippen LogP contribution is 2.16. The van der Waals surface area contributed by atoms with Gasteiger partial charge in [-0.15, -0.1) is 0 Å². The molecule has 2 atom stereocenters. The minimum atomic E-state index is -3.96. The molecule has 5 heteroatoms. The molecule has 28 heavy (non-hydrogen) atoms. The Morgan fingerprint density at radius 1 is 0.607 bits per heavy atom. The van der Waals surface area contributed by atoms with Crippen molar-refractivity contribution in [1.82, 2.24) is 0 Å². The van der Waals surface area contributed by atoms with Gasteiger partial charge in [0.05, 0.1) is 11.4 Å². The van der Waals surface area contributed by atoms with Crippen molar-refractivity contribution < 1.29 is 18.1 Å². The van der Waals surface area contributed by atoms with Crippen LogP contribution < -0.4 is 0 Å². The van der Waals surface area contributed by atoms with Gasteiger partial charge in [0.15, 0.2) is 0 Å². The van der Waals surface area contributed by atoms with E-state index in [1.165, 1.54) is 96.8 Å². The third-order valence-corrected chi connectivity index (χ3v) is 7.06. The van der Waals surface area contributed by atoms with Crippen molar-refractivity contribution in [2.75, 3.05) is 0 Å². The van der Waals surface area contributed by atoms with Gasteiger partial charge < -0.3 is 5.11 Å². The zero-order valence-corrected chi connectivity index (χ0v) is 19.5. The van der Waals surface area contributed by atoms with E-state index in [4.69, 9.17) is 4.55 Å². The summed E-state index contributed by atoms with van der Waals surface area (Å²) in [4.78, 5) is 0. The van der Waals surface area contributed by atoms with Crippen LogP contribution in [0.15, 0.2) is 0 Å². The van der Waals surface area contributed by atoms with Crippen LogP contribution in [0.1, 0.15) is 136 Å². The quantitative estimate of drug-likeness (QED) is 0.154. The highest BCUT2D eigenvalue weighted by Gasteiger charge is 2.18. The SMILES string of the molecule is CCCCCCCCCCCCCCCCCCC(O)CCC(C)S(=O)(=O)O. The number of aliphatic hydroxyl groups excluding tert-OH is 1. The molecule has 2 N–H and O–H groups in total. The maximum absolute atomic E-state index is 10.9. The van der Waals surface area contributed by atoms with Crippen molar-refractivity contribution in [2.45, 2.75) is 147 Å². The highest BCUT2D eigenvalue weighted by molar-refractivity contribution is 7.86. The molecule has 0 heterocycles. The second kappa shape index (κ2) is 18.9. The van der Waals surface area contributed by atoms with E-state index >= 15 is 0 Å². The lowest BCUT2D eigenvalue weighted by atomic mass is 10.0. The minimum absolute atomic E-state index is 0.318. The molecular weight excluding hydrogens is 372 g/mol. The summed E-state index contributed by atoms with van der Waals surface area (Å²) in [6.07, 6.45) is 22.4. The molecule has 0 aliphatic heterocycles. The molecule has 0 rings (SSSR count). The first kappa shape index (κ1) is 27.9. The van der Waals surface area contributed by atoms with Crippen LogP contribution in [-0.4, -0.2) is 29.4 Å². The Labute approximate surface area is 175 Å². The maximum atomic E-state index is 10.9. The van der Waals surface area contributed by atoms with Gasteiger partial charge in [0.1, 0.15) is 0 Å². The summed E-state index contributed by atoms with van der Waals surface area (Å²) in [5.74, 6) is 0. The van der Waals surface area contributed by atoms with Gasteiger partial charge >= 0.3 is 0 Å². The summed E-state index contributed by atoms with van der Waals surface area (Å²) in [6, 6.07) is 0. The summed E-state index contributed by atoms with van der Waals surface area (Å²) in [5, 5.41) is 9.12. The number of hydrogen-bond acceptors (Lipinski definition) is 3. The molecule has 0 aromatic heterocycles. The average Bonchev–Trinajstić information content (AvgIpc) is 2.64. The molecule has 0 amide bonds. The molecular formula is C23H48O4S. The smallest absolute Gasteiger partial charge is 0.267 e.